The normalized spacial score (nSPS) is 23.0. The number of nitrogens with zero attached hydrogens (tertiary/aromatic N) is 1. The molecular weight excluding hydrogens is 226 g/mol. The highest BCUT2D eigenvalue weighted by molar-refractivity contribution is 5.98. The average molecular weight is 247 g/mol. The Bertz CT molecular complexity index is 417. The second-order valence-electron chi connectivity index (χ2n) is 5.24. The van der Waals surface area contributed by atoms with Crippen LogP contribution in [0.15, 0.2) is 18.5 Å². The molecule has 0 radical (unpaired) electrons. The quantitative estimate of drug-likeness (QED) is 0.748. The SMILES string of the molecule is CCCOc1cncc(C(=O)C2CCC(C)C2)c1. The molecule has 1 fully saturated rings. The molecule has 1 aromatic heterocycles. The van der Waals surface area contributed by atoms with E-state index < -0.39 is 0 Å². The summed E-state index contributed by atoms with van der Waals surface area (Å²) < 4.78 is 5.52. The van der Waals surface area contributed by atoms with Gasteiger partial charge in [0.05, 0.1) is 12.8 Å². The standard InChI is InChI=1S/C15H21NO2/c1-3-6-18-14-8-13(9-16-10-14)15(17)12-5-4-11(2)7-12/h8-12H,3-7H2,1-2H3. The maximum absolute atomic E-state index is 12.3. The highest BCUT2D eigenvalue weighted by atomic mass is 16.5. The first-order valence-corrected chi connectivity index (χ1v) is 6.82. The lowest BCUT2D eigenvalue weighted by atomic mass is 9.96. The van der Waals surface area contributed by atoms with Crippen LogP contribution in [0.4, 0.5) is 0 Å². The van der Waals surface area contributed by atoms with Crippen molar-refractivity contribution >= 4 is 5.78 Å². The van der Waals surface area contributed by atoms with E-state index in [0.29, 0.717) is 23.8 Å². The van der Waals surface area contributed by atoms with Crippen LogP contribution in [0.25, 0.3) is 0 Å². The zero-order valence-corrected chi connectivity index (χ0v) is 11.2. The van der Waals surface area contributed by atoms with Crippen molar-refractivity contribution in [3.8, 4) is 5.75 Å². The van der Waals surface area contributed by atoms with Gasteiger partial charge in [0.25, 0.3) is 0 Å². The summed E-state index contributed by atoms with van der Waals surface area (Å²) in [6.07, 6.45) is 7.47. The number of ether oxygens (including phenoxy) is 1. The largest absolute Gasteiger partial charge is 0.492 e. The van der Waals surface area contributed by atoms with Crippen LogP contribution in [-0.2, 0) is 0 Å². The summed E-state index contributed by atoms with van der Waals surface area (Å²) in [6.45, 7) is 4.94. The number of aromatic nitrogens is 1. The summed E-state index contributed by atoms with van der Waals surface area (Å²) in [5.74, 6) is 1.79. The molecule has 1 aromatic rings. The van der Waals surface area contributed by atoms with Gasteiger partial charge in [0.1, 0.15) is 5.75 Å². The minimum atomic E-state index is 0.184. The Morgan fingerprint density at radius 1 is 1.44 bits per heavy atom. The number of hydrogen-bond donors (Lipinski definition) is 0. The number of carbonyl (C=O) groups excluding carboxylic acids is 1. The van der Waals surface area contributed by atoms with Crippen LogP contribution in [0.3, 0.4) is 0 Å². The Balaban J connectivity index is 2.05. The van der Waals surface area contributed by atoms with Gasteiger partial charge < -0.3 is 4.74 Å². The molecule has 3 nitrogen and oxygen atoms in total. The molecule has 18 heavy (non-hydrogen) atoms. The van der Waals surface area contributed by atoms with Crippen LogP contribution >= 0.6 is 0 Å². The summed E-state index contributed by atoms with van der Waals surface area (Å²) in [4.78, 5) is 16.4. The molecule has 1 saturated carbocycles. The van der Waals surface area contributed by atoms with Gasteiger partial charge in [-0.05, 0) is 37.7 Å². The predicted molar refractivity (Wildman–Crippen MR) is 70.9 cm³/mol. The van der Waals surface area contributed by atoms with E-state index in [1.807, 2.05) is 6.07 Å². The minimum absolute atomic E-state index is 0.184. The van der Waals surface area contributed by atoms with Crippen molar-refractivity contribution < 1.29 is 9.53 Å². The third-order valence-electron chi connectivity index (χ3n) is 3.54. The third kappa shape index (κ3) is 3.09. The summed E-state index contributed by atoms with van der Waals surface area (Å²) in [7, 11) is 0. The first-order valence-electron chi connectivity index (χ1n) is 6.82. The van der Waals surface area contributed by atoms with Crippen LogP contribution in [0.1, 0.15) is 49.9 Å². The molecule has 0 amide bonds. The topological polar surface area (TPSA) is 39.2 Å². The molecule has 98 valence electrons. The van der Waals surface area contributed by atoms with Crippen molar-refractivity contribution in [3.63, 3.8) is 0 Å². The van der Waals surface area contributed by atoms with Gasteiger partial charge in [-0.1, -0.05) is 13.8 Å². The summed E-state index contributed by atoms with van der Waals surface area (Å²) in [5, 5.41) is 0. The molecular formula is C15H21NO2. The molecule has 0 spiro atoms. The molecule has 0 bridgehead atoms. The molecule has 3 heteroatoms. The summed E-state index contributed by atoms with van der Waals surface area (Å²) >= 11 is 0. The van der Waals surface area contributed by atoms with E-state index in [4.69, 9.17) is 4.74 Å². The van der Waals surface area contributed by atoms with Crippen molar-refractivity contribution in [1.29, 1.82) is 0 Å². The molecule has 2 unspecified atom stereocenters. The van der Waals surface area contributed by atoms with Crippen molar-refractivity contribution in [2.45, 2.75) is 39.5 Å². The van der Waals surface area contributed by atoms with Crippen molar-refractivity contribution in [2.75, 3.05) is 6.61 Å². The van der Waals surface area contributed by atoms with Gasteiger partial charge in [-0.25, -0.2) is 0 Å². The van der Waals surface area contributed by atoms with Crippen LogP contribution < -0.4 is 4.74 Å². The van der Waals surface area contributed by atoms with E-state index in [1.54, 1.807) is 12.4 Å². The van der Waals surface area contributed by atoms with Crippen LogP contribution in [0.2, 0.25) is 0 Å². The maximum atomic E-state index is 12.3. The molecule has 0 saturated heterocycles. The van der Waals surface area contributed by atoms with E-state index in [0.717, 1.165) is 25.7 Å². The number of pyridine rings is 1. The van der Waals surface area contributed by atoms with Crippen molar-refractivity contribution in [3.05, 3.63) is 24.0 Å². The van der Waals surface area contributed by atoms with E-state index in [9.17, 15) is 4.79 Å². The highest BCUT2D eigenvalue weighted by Gasteiger charge is 2.28. The summed E-state index contributed by atoms with van der Waals surface area (Å²) in [5.41, 5.74) is 0.697. The van der Waals surface area contributed by atoms with Gasteiger partial charge in [-0.2, -0.15) is 0 Å². The van der Waals surface area contributed by atoms with Crippen molar-refractivity contribution in [2.24, 2.45) is 11.8 Å². The maximum Gasteiger partial charge on any atom is 0.167 e. The Morgan fingerprint density at radius 2 is 2.28 bits per heavy atom. The lowest BCUT2D eigenvalue weighted by molar-refractivity contribution is 0.0919. The Hall–Kier alpha value is -1.38. The third-order valence-corrected chi connectivity index (χ3v) is 3.54. The number of hydrogen-bond acceptors (Lipinski definition) is 3. The first-order chi connectivity index (χ1) is 8.70. The Kier molecular flexibility index (Phi) is 4.34. The average Bonchev–Trinajstić information content (AvgIpc) is 2.82. The van der Waals surface area contributed by atoms with Gasteiger partial charge in [-0.3, -0.25) is 9.78 Å². The zero-order chi connectivity index (χ0) is 13.0. The molecule has 0 N–H and O–H groups in total. The Labute approximate surface area is 109 Å². The van der Waals surface area contributed by atoms with Gasteiger partial charge in [0.2, 0.25) is 0 Å². The lowest BCUT2D eigenvalue weighted by Crippen LogP contribution is -2.12. The van der Waals surface area contributed by atoms with E-state index >= 15 is 0 Å². The predicted octanol–water partition coefficient (Wildman–Crippen LogP) is 3.49. The molecule has 0 aromatic carbocycles. The highest BCUT2D eigenvalue weighted by Crippen LogP contribution is 2.32. The fourth-order valence-electron chi connectivity index (χ4n) is 2.53. The van der Waals surface area contributed by atoms with Crippen LogP contribution in [0.5, 0.6) is 5.75 Å². The smallest absolute Gasteiger partial charge is 0.167 e. The monoisotopic (exact) mass is 247 g/mol. The first kappa shape index (κ1) is 13.1. The second kappa shape index (κ2) is 5.98. The van der Waals surface area contributed by atoms with Gasteiger partial charge in [-0.15, -0.1) is 0 Å². The number of Topliss-reactive ketones (excluding diaryl/α,β-unsaturated/α-hetero) is 1. The minimum Gasteiger partial charge on any atom is -0.492 e. The second-order valence-corrected chi connectivity index (χ2v) is 5.24. The fraction of sp³-hybridized carbons (Fsp3) is 0.600. The number of carbonyl (C=O) groups is 1. The molecule has 1 heterocycles. The van der Waals surface area contributed by atoms with Gasteiger partial charge in [0, 0.05) is 17.7 Å². The van der Waals surface area contributed by atoms with Gasteiger partial charge in [0.15, 0.2) is 5.78 Å². The van der Waals surface area contributed by atoms with Gasteiger partial charge >= 0.3 is 0 Å². The lowest BCUT2D eigenvalue weighted by Gasteiger charge is -2.10. The van der Waals surface area contributed by atoms with Crippen LogP contribution in [-0.4, -0.2) is 17.4 Å². The molecule has 0 aliphatic heterocycles. The molecule has 2 rings (SSSR count). The zero-order valence-electron chi connectivity index (χ0n) is 11.2. The van der Waals surface area contributed by atoms with Crippen LogP contribution in [0, 0.1) is 11.8 Å². The molecule has 2 atom stereocenters. The summed E-state index contributed by atoms with van der Waals surface area (Å²) in [6, 6.07) is 1.83. The number of ketones is 1. The molecule has 1 aliphatic rings. The van der Waals surface area contributed by atoms with E-state index in [-0.39, 0.29) is 11.7 Å². The van der Waals surface area contributed by atoms with E-state index in [1.165, 1.54) is 0 Å². The van der Waals surface area contributed by atoms with Crippen molar-refractivity contribution in [1.82, 2.24) is 4.98 Å². The number of rotatable bonds is 5. The molecule has 1 aliphatic carbocycles. The fourth-order valence-corrected chi connectivity index (χ4v) is 2.53. The Morgan fingerprint density at radius 3 is 2.94 bits per heavy atom. The van der Waals surface area contributed by atoms with E-state index in [2.05, 4.69) is 18.8 Å².